The largest absolute Gasteiger partial charge is 0.384 e. The van der Waals surface area contributed by atoms with Crippen LogP contribution in [0.5, 0.6) is 0 Å². The molecule has 0 heterocycles. The summed E-state index contributed by atoms with van der Waals surface area (Å²) in [5, 5.41) is 4.23. The van der Waals surface area contributed by atoms with Gasteiger partial charge in [0.2, 0.25) is 0 Å². The zero-order valence-electron chi connectivity index (χ0n) is 11.0. The fourth-order valence-electron chi connectivity index (χ4n) is 1.95. The Kier molecular flexibility index (Phi) is 5.25. The van der Waals surface area contributed by atoms with Crippen LogP contribution in [0.4, 0.5) is 5.69 Å². The van der Waals surface area contributed by atoms with Crippen molar-refractivity contribution in [3.8, 4) is 0 Å². The van der Waals surface area contributed by atoms with Crippen molar-refractivity contribution in [2.75, 3.05) is 19.0 Å². The molecule has 0 radical (unpaired) electrons. The maximum Gasteiger partial charge on any atom is 0.0503 e. The van der Waals surface area contributed by atoms with Gasteiger partial charge in [0, 0.05) is 24.4 Å². The van der Waals surface area contributed by atoms with E-state index in [4.69, 9.17) is 16.3 Å². The van der Waals surface area contributed by atoms with E-state index in [2.05, 4.69) is 17.4 Å². The van der Waals surface area contributed by atoms with Crippen molar-refractivity contribution in [3.63, 3.8) is 0 Å². The average molecular weight is 276 g/mol. The van der Waals surface area contributed by atoms with E-state index in [1.165, 1.54) is 5.56 Å². The molecule has 100 valence electrons. The van der Waals surface area contributed by atoms with Crippen LogP contribution in [0.25, 0.3) is 0 Å². The van der Waals surface area contributed by atoms with E-state index in [-0.39, 0.29) is 0 Å². The molecule has 0 amide bonds. The van der Waals surface area contributed by atoms with Gasteiger partial charge in [-0.2, -0.15) is 0 Å². The molecular formula is C16H18ClNO. The van der Waals surface area contributed by atoms with Crippen molar-refractivity contribution in [1.29, 1.82) is 0 Å². The number of methoxy groups -OCH3 is 1. The highest BCUT2D eigenvalue weighted by molar-refractivity contribution is 6.31. The first-order chi connectivity index (χ1) is 9.31. The van der Waals surface area contributed by atoms with Gasteiger partial charge in [0.1, 0.15) is 0 Å². The monoisotopic (exact) mass is 275 g/mol. The number of rotatable bonds is 6. The molecular weight excluding hydrogens is 258 g/mol. The summed E-state index contributed by atoms with van der Waals surface area (Å²) >= 11 is 6.15. The SMILES string of the molecule is COCCc1ccccc1NCc1ccccc1Cl. The summed E-state index contributed by atoms with van der Waals surface area (Å²) in [6, 6.07) is 16.2. The highest BCUT2D eigenvalue weighted by Crippen LogP contribution is 2.20. The first kappa shape index (κ1) is 13.9. The molecule has 0 aliphatic rings. The minimum atomic E-state index is 0.726. The third-order valence-electron chi connectivity index (χ3n) is 3.02. The molecule has 2 aromatic rings. The first-order valence-electron chi connectivity index (χ1n) is 6.35. The van der Waals surface area contributed by atoms with E-state index in [1.54, 1.807) is 7.11 Å². The topological polar surface area (TPSA) is 21.3 Å². The highest BCUT2D eigenvalue weighted by atomic mass is 35.5. The minimum absolute atomic E-state index is 0.726. The smallest absolute Gasteiger partial charge is 0.0503 e. The number of anilines is 1. The second-order valence-electron chi connectivity index (χ2n) is 4.34. The molecule has 0 atom stereocenters. The Morgan fingerprint density at radius 3 is 2.42 bits per heavy atom. The standard InChI is InChI=1S/C16H18ClNO/c1-19-11-10-13-6-3-5-9-16(13)18-12-14-7-2-4-8-15(14)17/h2-9,18H,10-12H2,1H3. The van der Waals surface area contributed by atoms with Gasteiger partial charge in [-0.15, -0.1) is 0 Å². The lowest BCUT2D eigenvalue weighted by atomic mass is 10.1. The molecule has 0 fully saturated rings. The Balaban J connectivity index is 2.05. The van der Waals surface area contributed by atoms with Gasteiger partial charge in [-0.05, 0) is 29.7 Å². The van der Waals surface area contributed by atoms with E-state index in [1.807, 2.05) is 36.4 Å². The Morgan fingerprint density at radius 2 is 1.68 bits per heavy atom. The average Bonchev–Trinajstić information content (AvgIpc) is 2.45. The lowest BCUT2D eigenvalue weighted by Gasteiger charge is -2.12. The molecule has 0 spiro atoms. The Morgan fingerprint density at radius 1 is 1.00 bits per heavy atom. The quantitative estimate of drug-likeness (QED) is 0.855. The third-order valence-corrected chi connectivity index (χ3v) is 3.39. The second kappa shape index (κ2) is 7.17. The van der Waals surface area contributed by atoms with Crippen molar-refractivity contribution in [3.05, 3.63) is 64.7 Å². The van der Waals surface area contributed by atoms with Gasteiger partial charge in [-0.3, -0.25) is 0 Å². The van der Waals surface area contributed by atoms with Crippen molar-refractivity contribution >= 4 is 17.3 Å². The van der Waals surface area contributed by atoms with Crippen LogP contribution in [0.3, 0.4) is 0 Å². The number of para-hydroxylation sites is 1. The lowest BCUT2D eigenvalue weighted by molar-refractivity contribution is 0.202. The van der Waals surface area contributed by atoms with Crippen LogP contribution in [-0.4, -0.2) is 13.7 Å². The van der Waals surface area contributed by atoms with Crippen LogP contribution in [-0.2, 0) is 17.7 Å². The molecule has 0 saturated heterocycles. The fraction of sp³-hybridized carbons (Fsp3) is 0.250. The van der Waals surface area contributed by atoms with Gasteiger partial charge in [-0.1, -0.05) is 48.0 Å². The summed E-state index contributed by atoms with van der Waals surface area (Å²) in [7, 11) is 1.72. The van der Waals surface area contributed by atoms with E-state index in [0.717, 1.165) is 35.8 Å². The van der Waals surface area contributed by atoms with E-state index >= 15 is 0 Å². The number of ether oxygens (including phenoxy) is 1. The zero-order valence-corrected chi connectivity index (χ0v) is 11.8. The van der Waals surface area contributed by atoms with Crippen LogP contribution in [0.15, 0.2) is 48.5 Å². The summed E-state index contributed by atoms with van der Waals surface area (Å²) < 4.78 is 5.13. The van der Waals surface area contributed by atoms with Gasteiger partial charge in [0.15, 0.2) is 0 Å². The summed E-state index contributed by atoms with van der Waals surface area (Å²) in [4.78, 5) is 0. The minimum Gasteiger partial charge on any atom is -0.384 e. The predicted octanol–water partition coefficient (Wildman–Crippen LogP) is 4.14. The molecule has 3 heteroatoms. The third kappa shape index (κ3) is 3.98. The summed E-state index contributed by atoms with van der Waals surface area (Å²) in [5.74, 6) is 0. The Bertz CT molecular complexity index is 528. The molecule has 19 heavy (non-hydrogen) atoms. The van der Waals surface area contributed by atoms with E-state index in [0.29, 0.717) is 0 Å². The van der Waals surface area contributed by atoms with E-state index < -0.39 is 0 Å². The maximum atomic E-state index is 6.15. The van der Waals surface area contributed by atoms with Crippen LogP contribution in [0, 0.1) is 0 Å². The molecule has 0 aliphatic carbocycles. The number of benzene rings is 2. The van der Waals surface area contributed by atoms with Gasteiger partial charge < -0.3 is 10.1 Å². The highest BCUT2D eigenvalue weighted by Gasteiger charge is 2.03. The second-order valence-corrected chi connectivity index (χ2v) is 4.75. The number of hydrogen-bond acceptors (Lipinski definition) is 2. The summed E-state index contributed by atoms with van der Waals surface area (Å²) in [6.45, 7) is 1.45. The molecule has 0 unspecified atom stereocenters. The van der Waals surface area contributed by atoms with Crippen LogP contribution < -0.4 is 5.32 Å². The Labute approximate surface area is 119 Å². The molecule has 0 bridgehead atoms. The summed E-state index contributed by atoms with van der Waals surface area (Å²) in [6.07, 6.45) is 0.905. The molecule has 0 aromatic heterocycles. The Hall–Kier alpha value is -1.51. The van der Waals surface area contributed by atoms with Gasteiger partial charge in [0.25, 0.3) is 0 Å². The van der Waals surface area contributed by atoms with Crippen LogP contribution in [0.1, 0.15) is 11.1 Å². The fourth-order valence-corrected chi connectivity index (χ4v) is 2.16. The van der Waals surface area contributed by atoms with Gasteiger partial charge in [0.05, 0.1) is 6.61 Å². The molecule has 0 aliphatic heterocycles. The maximum absolute atomic E-state index is 6.15. The van der Waals surface area contributed by atoms with E-state index in [9.17, 15) is 0 Å². The van der Waals surface area contributed by atoms with Crippen LogP contribution >= 0.6 is 11.6 Å². The number of nitrogens with one attached hydrogen (secondary N) is 1. The van der Waals surface area contributed by atoms with Crippen molar-refractivity contribution < 1.29 is 4.74 Å². The molecule has 2 nitrogen and oxygen atoms in total. The van der Waals surface area contributed by atoms with Gasteiger partial charge >= 0.3 is 0 Å². The first-order valence-corrected chi connectivity index (χ1v) is 6.73. The van der Waals surface area contributed by atoms with Gasteiger partial charge in [-0.25, -0.2) is 0 Å². The predicted molar refractivity (Wildman–Crippen MR) is 80.8 cm³/mol. The zero-order chi connectivity index (χ0) is 13.5. The van der Waals surface area contributed by atoms with Crippen molar-refractivity contribution in [2.24, 2.45) is 0 Å². The summed E-state index contributed by atoms with van der Waals surface area (Å²) in [5.41, 5.74) is 3.50. The molecule has 1 N–H and O–H groups in total. The number of hydrogen-bond donors (Lipinski definition) is 1. The number of halogens is 1. The lowest BCUT2D eigenvalue weighted by Crippen LogP contribution is -2.04. The van der Waals surface area contributed by atoms with Crippen molar-refractivity contribution in [1.82, 2.24) is 0 Å². The normalized spacial score (nSPS) is 10.4. The molecule has 0 saturated carbocycles. The van der Waals surface area contributed by atoms with Crippen LogP contribution in [0.2, 0.25) is 5.02 Å². The molecule has 2 rings (SSSR count). The van der Waals surface area contributed by atoms with Crippen molar-refractivity contribution in [2.45, 2.75) is 13.0 Å². The molecule has 2 aromatic carbocycles.